The summed E-state index contributed by atoms with van der Waals surface area (Å²) in [5.74, 6) is 1.32. The van der Waals surface area contributed by atoms with Crippen LogP contribution in [0.25, 0.3) is 0 Å². The fraction of sp³-hybridized carbons (Fsp3) is 0.722. The molecule has 0 amide bonds. The standard InChI is InChI=1S/C18H33N3/c1-7-17(19-8-2)18-10-9-16(11-20-18)21(12-14(3)4)13-15(5)6/h9-11,14-15,17,19H,7-8,12-13H2,1-6H3. The SMILES string of the molecule is CCNC(CC)c1ccc(N(CC(C)C)CC(C)C)cn1. The van der Waals surface area contributed by atoms with Crippen molar-refractivity contribution >= 4 is 5.69 Å². The smallest absolute Gasteiger partial charge is 0.0574 e. The summed E-state index contributed by atoms with van der Waals surface area (Å²) in [6.07, 6.45) is 3.11. The van der Waals surface area contributed by atoms with Crippen molar-refractivity contribution < 1.29 is 0 Å². The van der Waals surface area contributed by atoms with Crippen molar-refractivity contribution in [3.05, 3.63) is 24.0 Å². The van der Waals surface area contributed by atoms with Crippen LogP contribution in [-0.4, -0.2) is 24.6 Å². The first-order valence-corrected chi connectivity index (χ1v) is 8.42. The third-order valence-electron chi connectivity index (χ3n) is 3.52. The molecule has 0 aliphatic carbocycles. The lowest BCUT2D eigenvalue weighted by Crippen LogP contribution is -2.31. The maximum absolute atomic E-state index is 4.70. The van der Waals surface area contributed by atoms with Gasteiger partial charge in [-0.15, -0.1) is 0 Å². The minimum atomic E-state index is 0.368. The molecule has 0 radical (unpaired) electrons. The van der Waals surface area contributed by atoms with Gasteiger partial charge < -0.3 is 10.2 Å². The molecule has 0 saturated heterocycles. The van der Waals surface area contributed by atoms with Crippen LogP contribution in [-0.2, 0) is 0 Å². The van der Waals surface area contributed by atoms with Gasteiger partial charge >= 0.3 is 0 Å². The second kappa shape index (κ2) is 9.04. The number of hydrogen-bond donors (Lipinski definition) is 1. The lowest BCUT2D eigenvalue weighted by molar-refractivity contribution is 0.523. The van der Waals surface area contributed by atoms with Gasteiger partial charge in [-0.05, 0) is 36.9 Å². The van der Waals surface area contributed by atoms with Crippen LogP contribution in [0.3, 0.4) is 0 Å². The highest BCUT2D eigenvalue weighted by Crippen LogP contribution is 2.20. The van der Waals surface area contributed by atoms with E-state index in [-0.39, 0.29) is 0 Å². The van der Waals surface area contributed by atoms with Gasteiger partial charge in [0.2, 0.25) is 0 Å². The van der Waals surface area contributed by atoms with E-state index in [4.69, 9.17) is 4.98 Å². The number of pyridine rings is 1. The normalized spacial score (nSPS) is 13.0. The molecule has 0 bridgehead atoms. The topological polar surface area (TPSA) is 28.2 Å². The Bertz CT molecular complexity index is 374. The third-order valence-corrected chi connectivity index (χ3v) is 3.52. The van der Waals surface area contributed by atoms with Crippen LogP contribution in [0, 0.1) is 11.8 Å². The molecule has 1 N–H and O–H groups in total. The number of nitrogens with zero attached hydrogens (tertiary/aromatic N) is 2. The van der Waals surface area contributed by atoms with Crippen LogP contribution in [0.4, 0.5) is 5.69 Å². The fourth-order valence-corrected chi connectivity index (χ4v) is 2.66. The second-order valence-electron chi connectivity index (χ2n) is 6.65. The summed E-state index contributed by atoms with van der Waals surface area (Å²) in [5, 5.41) is 3.49. The van der Waals surface area contributed by atoms with Crippen molar-refractivity contribution in [1.29, 1.82) is 0 Å². The van der Waals surface area contributed by atoms with Gasteiger partial charge in [0.15, 0.2) is 0 Å². The molecule has 0 fully saturated rings. The molecule has 0 spiro atoms. The van der Waals surface area contributed by atoms with E-state index < -0.39 is 0 Å². The number of anilines is 1. The van der Waals surface area contributed by atoms with Crippen LogP contribution in [0.1, 0.15) is 59.7 Å². The zero-order valence-electron chi connectivity index (χ0n) is 14.7. The van der Waals surface area contributed by atoms with E-state index in [1.165, 1.54) is 5.69 Å². The van der Waals surface area contributed by atoms with Gasteiger partial charge in [-0.1, -0.05) is 41.5 Å². The average molecular weight is 291 g/mol. The van der Waals surface area contributed by atoms with Crippen LogP contribution in [0.15, 0.2) is 18.3 Å². The molecule has 0 aromatic carbocycles. The Hall–Kier alpha value is -1.09. The number of nitrogens with one attached hydrogen (secondary N) is 1. The molecule has 21 heavy (non-hydrogen) atoms. The Kier molecular flexibility index (Phi) is 7.73. The van der Waals surface area contributed by atoms with Crippen molar-refractivity contribution in [3.63, 3.8) is 0 Å². The molecule has 1 atom stereocenters. The summed E-state index contributed by atoms with van der Waals surface area (Å²) in [4.78, 5) is 7.16. The number of aromatic nitrogens is 1. The molecular formula is C18H33N3. The van der Waals surface area contributed by atoms with E-state index in [9.17, 15) is 0 Å². The van der Waals surface area contributed by atoms with Crippen LogP contribution in [0.5, 0.6) is 0 Å². The number of rotatable bonds is 9. The molecule has 3 nitrogen and oxygen atoms in total. The lowest BCUT2D eigenvalue weighted by atomic mass is 10.1. The second-order valence-corrected chi connectivity index (χ2v) is 6.65. The first kappa shape index (κ1) is 18.0. The molecule has 1 aromatic heterocycles. The van der Waals surface area contributed by atoms with Gasteiger partial charge in [-0.25, -0.2) is 0 Å². The monoisotopic (exact) mass is 291 g/mol. The third kappa shape index (κ3) is 6.04. The highest BCUT2D eigenvalue weighted by Gasteiger charge is 2.13. The van der Waals surface area contributed by atoms with Crippen molar-refractivity contribution in [2.75, 3.05) is 24.5 Å². The highest BCUT2D eigenvalue weighted by molar-refractivity contribution is 5.45. The van der Waals surface area contributed by atoms with Crippen LogP contribution >= 0.6 is 0 Å². The van der Waals surface area contributed by atoms with E-state index in [0.717, 1.165) is 31.7 Å². The summed E-state index contributed by atoms with van der Waals surface area (Å²) < 4.78 is 0. The molecule has 1 heterocycles. The molecule has 1 aromatic rings. The summed E-state index contributed by atoms with van der Waals surface area (Å²) in [6.45, 7) is 16.6. The molecule has 0 aliphatic heterocycles. The van der Waals surface area contributed by atoms with E-state index in [0.29, 0.717) is 17.9 Å². The lowest BCUT2D eigenvalue weighted by Gasteiger charge is -2.28. The molecule has 1 unspecified atom stereocenters. The predicted molar refractivity (Wildman–Crippen MR) is 92.8 cm³/mol. The summed E-state index contributed by atoms with van der Waals surface area (Å²) in [7, 11) is 0. The van der Waals surface area contributed by atoms with Crippen molar-refractivity contribution in [3.8, 4) is 0 Å². The highest BCUT2D eigenvalue weighted by atomic mass is 15.1. The largest absolute Gasteiger partial charge is 0.370 e. The average Bonchev–Trinajstić information content (AvgIpc) is 2.43. The fourth-order valence-electron chi connectivity index (χ4n) is 2.66. The van der Waals surface area contributed by atoms with E-state index in [2.05, 4.69) is 63.9 Å². The molecule has 0 saturated carbocycles. The van der Waals surface area contributed by atoms with Crippen LogP contribution in [0.2, 0.25) is 0 Å². The first-order valence-electron chi connectivity index (χ1n) is 8.42. The molecule has 120 valence electrons. The van der Waals surface area contributed by atoms with E-state index in [1.54, 1.807) is 0 Å². The first-order chi connectivity index (χ1) is 9.97. The summed E-state index contributed by atoms with van der Waals surface area (Å²) >= 11 is 0. The van der Waals surface area contributed by atoms with Crippen molar-refractivity contribution in [1.82, 2.24) is 10.3 Å². The Morgan fingerprint density at radius 2 is 1.67 bits per heavy atom. The Labute approximate surface area is 131 Å². The van der Waals surface area contributed by atoms with Gasteiger partial charge in [0, 0.05) is 19.1 Å². The Morgan fingerprint density at radius 1 is 1.05 bits per heavy atom. The maximum Gasteiger partial charge on any atom is 0.0574 e. The summed E-state index contributed by atoms with van der Waals surface area (Å²) in [6, 6.07) is 4.78. The molecular weight excluding hydrogens is 258 g/mol. The van der Waals surface area contributed by atoms with E-state index in [1.807, 2.05) is 6.20 Å². The predicted octanol–water partition coefficient (Wildman–Crippen LogP) is 4.26. The maximum atomic E-state index is 4.70. The Morgan fingerprint density at radius 3 is 2.05 bits per heavy atom. The molecule has 3 heteroatoms. The van der Waals surface area contributed by atoms with Gasteiger partial charge in [-0.2, -0.15) is 0 Å². The summed E-state index contributed by atoms with van der Waals surface area (Å²) in [5.41, 5.74) is 2.39. The minimum absolute atomic E-state index is 0.368. The molecule has 1 rings (SSSR count). The van der Waals surface area contributed by atoms with Gasteiger partial charge in [0.25, 0.3) is 0 Å². The Balaban J connectivity index is 2.85. The van der Waals surface area contributed by atoms with Gasteiger partial charge in [0.1, 0.15) is 0 Å². The quantitative estimate of drug-likeness (QED) is 0.737. The van der Waals surface area contributed by atoms with Crippen LogP contribution < -0.4 is 10.2 Å². The van der Waals surface area contributed by atoms with E-state index >= 15 is 0 Å². The van der Waals surface area contributed by atoms with Crippen molar-refractivity contribution in [2.24, 2.45) is 11.8 Å². The minimum Gasteiger partial charge on any atom is -0.370 e. The zero-order chi connectivity index (χ0) is 15.8. The van der Waals surface area contributed by atoms with Crippen molar-refractivity contribution in [2.45, 2.75) is 54.0 Å². The van der Waals surface area contributed by atoms with Gasteiger partial charge in [-0.3, -0.25) is 4.98 Å². The number of hydrogen-bond acceptors (Lipinski definition) is 3. The zero-order valence-corrected chi connectivity index (χ0v) is 14.7. The van der Waals surface area contributed by atoms with Gasteiger partial charge in [0.05, 0.1) is 17.6 Å². The molecule has 0 aliphatic rings.